The fourth-order valence-electron chi connectivity index (χ4n) is 1.71. The predicted octanol–water partition coefficient (Wildman–Crippen LogP) is 2.12. The largest absolute Gasteiger partial charge is 0.478 e. The molecule has 0 aliphatic carbocycles. The van der Waals surface area contributed by atoms with Crippen LogP contribution in [0.1, 0.15) is 29.7 Å². The van der Waals surface area contributed by atoms with Crippen LogP contribution in [0.4, 0.5) is 0 Å². The van der Waals surface area contributed by atoms with Gasteiger partial charge in [-0.15, -0.1) is 0 Å². The van der Waals surface area contributed by atoms with Crippen molar-refractivity contribution in [3.05, 3.63) is 47.0 Å². The van der Waals surface area contributed by atoms with Crippen molar-refractivity contribution in [1.29, 1.82) is 0 Å². The summed E-state index contributed by atoms with van der Waals surface area (Å²) in [4.78, 5) is 21.8. The maximum Gasteiger partial charge on any atom is 0.328 e. The zero-order valence-corrected chi connectivity index (χ0v) is 10.7. The Morgan fingerprint density at radius 3 is 2.56 bits per heavy atom. The molecule has 1 aromatic carbocycles. The summed E-state index contributed by atoms with van der Waals surface area (Å²) in [5.41, 5.74) is 3.25. The van der Waals surface area contributed by atoms with E-state index in [1.165, 1.54) is 0 Å². The van der Waals surface area contributed by atoms with Gasteiger partial charge in [-0.3, -0.25) is 4.79 Å². The molecule has 1 rings (SSSR count). The van der Waals surface area contributed by atoms with Crippen LogP contribution in [0.15, 0.2) is 30.4 Å². The second-order valence-corrected chi connectivity index (χ2v) is 4.26. The maximum atomic E-state index is 11.5. The Kier molecular flexibility index (Phi) is 4.66. The fourth-order valence-corrected chi connectivity index (χ4v) is 1.71. The van der Waals surface area contributed by atoms with Gasteiger partial charge in [-0.25, -0.2) is 4.79 Å². The van der Waals surface area contributed by atoms with E-state index in [1.54, 1.807) is 0 Å². The highest BCUT2D eigenvalue weighted by atomic mass is 16.4. The Bertz CT molecular complexity index is 492. The van der Waals surface area contributed by atoms with Crippen LogP contribution in [-0.4, -0.2) is 17.0 Å². The summed E-state index contributed by atoms with van der Waals surface area (Å²) in [5, 5.41) is 11.2. The number of hydrogen-bond acceptors (Lipinski definition) is 2. The Balaban J connectivity index is 2.76. The van der Waals surface area contributed by atoms with Gasteiger partial charge in [-0.1, -0.05) is 23.8 Å². The minimum atomic E-state index is -1.13. The molecule has 96 valence electrons. The molecule has 18 heavy (non-hydrogen) atoms. The van der Waals surface area contributed by atoms with E-state index in [9.17, 15) is 9.59 Å². The van der Waals surface area contributed by atoms with Crippen molar-refractivity contribution in [2.24, 2.45) is 0 Å². The van der Waals surface area contributed by atoms with Gasteiger partial charge < -0.3 is 10.4 Å². The summed E-state index contributed by atoms with van der Waals surface area (Å²) in [6, 6.07) is 5.87. The van der Waals surface area contributed by atoms with Crippen molar-refractivity contribution in [1.82, 2.24) is 5.32 Å². The van der Waals surface area contributed by atoms with Gasteiger partial charge in [0.25, 0.3) is 0 Å². The Labute approximate surface area is 106 Å². The van der Waals surface area contributed by atoms with E-state index < -0.39 is 11.9 Å². The highest BCUT2D eigenvalue weighted by Gasteiger charge is 2.10. The third-order valence-corrected chi connectivity index (χ3v) is 2.64. The molecule has 1 aromatic rings. The zero-order valence-electron chi connectivity index (χ0n) is 10.7. The molecule has 1 amide bonds. The first-order valence-electron chi connectivity index (χ1n) is 5.69. The minimum absolute atomic E-state index is 0.157. The third kappa shape index (κ3) is 4.05. The number of rotatable bonds is 4. The summed E-state index contributed by atoms with van der Waals surface area (Å²) in [5.74, 6) is -1.55. The van der Waals surface area contributed by atoms with Crippen molar-refractivity contribution in [3.8, 4) is 0 Å². The average molecular weight is 247 g/mol. The first kappa shape index (κ1) is 14.0. The Morgan fingerprint density at radius 1 is 1.28 bits per heavy atom. The smallest absolute Gasteiger partial charge is 0.328 e. The number of aliphatic carboxylic acids is 1. The normalized spacial score (nSPS) is 12.4. The van der Waals surface area contributed by atoms with E-state index in [1.807, 2.05) is 39.0 Å². The maximum absolute atomic E-state index is 11.5. The van der Waals surface area contributed by atoms with Gasteiger partial charge in [0, 0.05) is 12.2 Å². The lowest BCUT2D eigenvalue weighted by molar-refractivity contribution is -0.131. The summed E-state index contributed by atoms with van der Waals surface area (Å²) in [6.45, 7) is 5.83. The number of hydrogen-bond donors (Lipinski definition) is 2. The van der Waals surface area contributed by atoms with E-state index in [4.69, 9.17) is 5.11 Å². The van der Waals surface area contributed by atoms with Crippen LogP contribution in [0.2, 0.25) is 0 Å². The average Bonchev–Trinajstić information content (AvgIpc) is 2.29. The molecule has 4 heteroatoms. The summed E-state index contributed by atoms with van der Waals surface area (Å²) >= 11 is 0. The number of nitrogens with one attached hydrogen (secondary N) is 1. The van der Waals surface area contributed by atoms with Crippen LogP contribution in [0.5, 0.6) is 0 Å². The van der Waals surface area contributed by atoms with Crippen molar-refractivity contribution >= 4 is 11.9 Å². The molecule has 0 bridgehead atoms. The molecule has 2 N–H and O–H groups in total. The molecular formula is C14H17NO3. The van der Waals surface area contributed by atoms with Crippen LogP contribution < -0.4 is 5.32 Å². The van der Waals surface area contributed by atoms with Gasteiger partial charge in [0.2, 0.25) is 5.91 Å². The molecule has 0 saturated carbocycles. The number of carboxylic acid groups (broad SMARTS) is 1. The van der Waals surface area contributed by atoms with E-state index >= 15 is 0 Å². The van der Waals surface area contributed by atoms with Crippen LogP contribution in [0, 0.1) is 13.8 Å². The summed E-state index contributed by atoms with van der Waals surface area (Å²) in [7, 11) is 0. The van der Waals surface area contributed by atoms with Gasteiger partial charge in [0.15, 0.2) is 0 Å². The van der Waals surface area contributed by atoms with Crippen LogP contribution >= 0.6 is 0 Å². The Morgan fingerprint density at radius 2 is 1.94 bits per heavy atom. The van der Waals surface area contributed by atoms with Gasteiger partial charge in [-0.05, 0) is 31.9 Å². The van der Waals surface area contributed by atoms with Crippen LogP contribution in [-0.2, 0) is 9.59 Å². The molecule has 1 unspecified atom stereocenters. The number of benzene rings is 1. The van der Waals surface area contributed by atoms with E-state index in [-0.39, 0.29) is 6.04 Å². The van der Waals surface area contributed by atoms with E-state index in [0.29, 0.717) is 0 Å². The number of carbonyl (C=O) groups is 2. The molecule has 0 radical (unpaired) electrons. The summed E-state index contributed by atoms with van der Waals surface area (Å²) in [6.07, 6.45) is 1.84. The van der Waals surface area contributed by atoms with Crippen molar-refractivity contribution in [3.63, 3.8) is 0 Å². The van der Waals surface area contributed by atoms with Crippen molar-refractivity contribution < 1.29 is 14.7 Å². The molecule has 0 aliphatic heterocycles. The predicted molar refractivity (Wildman–Crippen MR) is 69.2 cm³/mol. The molecular weight excluding hydrogens is 230 g/mol. The van der Waals surface area contributed by atoms with Gasteiger partial charge in [0.05, 0.1) is 6.04 Å². The van der Waals surface area contributed by atoms with Gasteiger partial charge >= 0.3 is 5.97 Å². The zero-order chi connectivity index (χ0) is 13.7. The third-order valence-electron chi connectivity index (χ3n) is 2.64. The lowest BCUT2D eigenvalue weighted by Crippen LogP contribution is -2.25. The molecule has 0 aliphatic rings. The highest BCUT2D eigenvalue weighted by molar-refractivity contribution is 5.94. The first-order valence-corrected chi connectivity index (χ1v) is 5.69. The monoisotopic (exact) mass is 247 g/mol. The second kappa shape index (κ2) is 6.00. The van der Waals surface area contributed by atoms with E-state index in [0.717, 1.165) is 28.8 Å². The number of amides is 1. The minimum Gasteiger partial charge on any atom is -0.478 e. The first-order chi connectivity index (χ1) is 8.40. The molecule has 1 atom stereocenters. The number of carbonyl (C=O) groups excluding carboxylic acids is 1. The molecule has 0 fully saturated rings. The van der Waals surface area contributed by atoms with Gasteiger partial charge in [0.1, 0.15) is 0 Å². The van der Waals surface area contributed by atoms with Crippen molar-refractivity contribution in [2.75, 3.05) is 0 Å². The molecule has 0 spiro atoms. The Hall–Kier alpha value is -2.10. The van der Waals surface area contributed by atoms with Crippen LogP contribution in [0.25, 0.3) is 0 Å². The number of carboxylic acids is 1. The second-order valence-electron chi connectivity index (χ2n) is 4.26. The topological polar surface area (TPSA) is 66.4 Å². The number of aryl methyl sites for hydroxylation is 2. The highest BCUT2D eigenvalue weighted by Crippen LogP contribution is 2.18. The van der Waals surface area contributed by atoms with Crippen LogP contribution in [0.3, 0.4) is 0 Å². The molecule has 4 nitrogen and oxygen atoms in total. The molecule has 0 saturated heterocycles. The molecule has 0 heterocycles. The quantitative estimate of drug-likeness (QED) is 0.801. The van der Waals surface area contributed by atoms with Gasteiger partial charge in [-0.2, -0.15) is 0 Å². The fraction of sp³-hybridized carbons (Fsp3) is 0.286. The molecule has 0 aromatic heterocycles. The standard InChI is InChI=1S/C14H17NO3/c1-9-4-5-10(2)12(8-9)11(3)15-13(16)6-7-14(17)18/h4-8,11H,1-3H3,(H,15,16)(H,17,18)/b7-6+. The summed E-state index contributed by atoms with van der Waals surface area (Å²) < 4.78 is 0. The SMILES string of the molecule is Cc1ccc(C)c(C(C)NC(=O)/C=C/C(=O)O)c1. The lowest BCUT2D eigenvalue weighted by atomic mass is 10.00. The van der Waals surface area contributed by atoms with E-state index in [2.05, 4.69) is 5.32 Å². The lowest BCUT2D eigenvalue weighted by Gasteiger charge is -2.16. The van der Waals surface area contributed by atoms with Crippen molar-refractivity contribution in [2.45, 2.75) is 26.8 Å².